The molecule has 1 aliphatic rings. The summed E-state index contributed by atoms with van der Waals surface area (Å²) in [6, 6.07) is 12.1. The van der Waals surface area contributed by atoms with Crippen molar-refractivity contribution in [3.8, 4) is 0 Å². The number of nitrogens with zero attached hydrogens (tertiary/aromatic N) is 1. The van der Waals surface area contributed by atoms with Crippen molar-refractivity contribution in [2.75, 3.05) is 19.7 Å². The van der Waals surface area contributed by atoms with Crippen molar-refractivity contribution in [2.24, 2.45) is 0 Å². The van der Waals surface area contributed by atoms with Crippen LogP contribution >= 0.6 is 0 Å². The maximum Gasteiger partial charge on any atom is 0.257 e. The Kier molecular flexibility index (Phi) is 4.59. The van der Waals surface area contributed by atoms with Crippen LogP contribution in [0.4, 0.5) is 0 Å². The molecule has 0 bridgehead atoms. The molecule has 0 radical (unpaired) electrons. The van der Waals surface area contributed by atoms with Gasteiger partial charge in [-0.2, -0.15) is 0 Å². The Labute approximate surface area is 130 Å². The zero-order chi connectivity index (χ0) is 15.4. The normalized spacial score (nSPS) is 18.4. The minimum Gasteiger partial charge on any atom is -0.469 e. The lowest BCUT2D eigenvalue weighted by atomic mass is 10.1. The molecule has 1 aliphatic heterocycles. The van der Waals surface area contributed by atoms with Gasteiger partial charge in [0.25, 0.3) is 5.91 Å². The number of furan rings is 1. The summed E-state index contributed by atoms with van der Waals surface area (Å²) in [6.07, 6.45) is 3.57. The van der Waals surface area contributed by atoms with Gasteiger partial charge in [0, 0.05) is 13.1 Å². The van der Waals surface area contributed by atoms with E-state index in [1.165, 1.54) is 5.56 Å². The molecule has 1 amide bonds. The molecule has 1 saturated heterocycles. The van der Waals surface area contributed by atoms with E-state index in [2.05, 4.69) is 24.3 Å². The summed E-state index contributed by atoms with van der Waals surface area (Å²) in [5.74, 6) is 0.719. The van der Waals surface area contributed by atoms with E-state index < -0.39 is 0 Å². The molecule has 116 valence electrons. The molecule has 1 atom stereocenters. The van der Waals surface area contributed by atoms with Gasteiger partial charge in [0.15, 0.2) is 0 Å². The van der Waals surface area contributed by atoms with Crippen LogP contribution in [0.15, 0.2) is 47.1 Å². The maximum atomic E-state index is 12.5. The molecular formula is C18H21NO3. The lowest BCUT2D eigenvalue weighted by Crippen LogP contribution is -2.45. The largest absolute Gasteiger partial charge is 0.469 e. The van der Waals surface area contributed by atoms with Crippen LogP contribution in [0.25, 0.3) is 0 Å². The Hall–Kier alpha value is -2.07. The fourth-order valence-electron chi connectivity index (χ4n) is 2.83. The topological polar surface area (TPSA) is 42.7 Å². The van der Waals surface area contributed by atoms with Crippen LogP contribution in [0.1, 0.15) is 28.1 Å². The van der Waals surface area contributed by atoms with Crippen molar-refractivity contribution < 1.29 is 13.9 Å². The van der Waals surface area contributed by atoms with Crippen molar-refractivity contribution in [3.05, 3.63) is 59.5 Å². The standard InChI is InChI=1S/C18H21NO3/c1-14-17(9-11-21-14)18(20)19-10-12-22-16(13-19)8-7-15-5-3-2-4-6-15/h2-6,9,11,16H,7-8,10,12-13H2,1H3/t16-/m0/s1. The van der Waals surface area contributed by atoms with Crippen molar-refractivity contribution in [1.29, 1.82) is 0 Å². The second-order valence-corrected chi connectivity index (χ2v) is 5.66. The first-order chi connectivity index (χ1) is 10.7. The molecule has 0 unspecified atom stereocenters. The van der Waals surface area contributed by atoms with Gasteiger partial charge in [0.1, 0.15) is 5.76 Å². The quantitative estimate of drug-likeness (QED) is 0.871. The molecule has 0 aliphatic carbocycles. The molecule has 0 spiro atoms. The van der Waals surface area contributed by atoms with E-state index in [9.17, 15) is 4.79 Å². The van der Waals surface area contributed by atoms with Gasteiger partial charge in [0.2, 0.25) is 0 Å². The third-order valence-corrected chi connectivity index (χ3v) is 4.11. The first-order valence-electron chi connectivity index (χ1n) is 7.73. The number of benzene rings is 1. The molecule has 4 nitrogen and oxygen atoms in total. The van der Waals surface area contributed by atoms with Crippen LogP contribution in [0.2, 0.25) is 0 Å². The van der Waals surface area contributed by atoms with E-state index in [1.807, 2.05) is 17.9 Å². The van der Waals surface area contributed by atoms with E-state index in [0.29, 0.717) is 31.0 Å². The van der Waals surface area contributed by atoms with Crippen LogP contribution in [0.5, 0.6) is 0 Å². The molecule has 1 aromatic heterocycles. The second kappa shape index (κ2) is 6.79. The fraction of sp³-hybridized carbons (Fsp3) is 0.389. The van der Waals surface area contributed by atoms with Crippen LogP contribution in [0.3, 0.4) is 0 Å². The SMILES string of the molecule is Cc1occc1C(=O)N1CCO[C@@H](CCc2ccccc2)C1. The summed E-state index contributed by atoms with van der Waals surface area (Å²) in [7, 11) is 0. The molecule has 3 rings (SSSR count). The highest BCUT2D eigenvalue weighted by Gasteiger charge is 2.26. The number of hydrogen-bond donors (Lipinski definition) is 0. The van der Waals surface area contributed by atoms with Gasteiger partial charge in [-0.1, -0.05) is 30.3 Å². The minimum absolute atomic E-state index is 0.0410. The van der Waals surface area contributed by atoms with Crippen LogP contribution in [-0.4, -0.2) is 36.6 Å². The molecule has 0 saturated carbocycles. The molecule has 1 fully saturated rings. The van der Waals surface area contributed by atoms with Crippen molar-refractivity contribution in [2.45, 2.75) is 25.9 Å². The number of aryl methyl sites for hydroxylation is 2. The minimum atomic E-state index is 0.0410. The Morgan fingerprint density at radius 3 is 2.82 bits per heavy atom. The highest BCUT2D eigenvalue weighted by molar-refractivity contribution is 5.95. The summed E-state index contributed by atoms with van der Waals surface area (Å²) in [5.41, 5.74) is 1.96. The number of morpholine rings is 1. The van der Waals surface area contributed by atoms with Gasteiger partial charge in [0.05, 0.1) is 24.5 Å². The molecule has 0 N–H and O–H groups in total. The summed E-state index contributed by atoms with van der Waals surface area (Å²) >= 11 is 0. The Bertz CT molecular complexity index is 620. The molecule has 22 heavy (non-hydrogen) atoms. The van der Waals surface area contributed by atoms with Gasteiger partial charge in [-0.05, 0) is 31.4 Å². The van der Waals surface area contributed by atoms with Gasteiger partial charge in [-0.15, -0.1) is 0 Å². The summed E-state index contributed by atoms with van der Waals surface area (Å²) in [4.78, 5) is 14.4. The van der Waals surface area contributed by atoms with Crippen molar-refractivity contribution in [1.82, 2.24) is 4.90 Å². The number of ether oxygens (including phenoxy) is 1. The Morgan fingerprint density at radius 1 is 1.27 bits per heavy atom. The number of hydrogen-bond acceptors (Lipinski definition) is 3. The molecule has 2 heterocycles. The van der Waals surface area contributed by atoms with Crippen LogP contribution in [-0.2, 0) is 11.2 Å². The monoisotopic (exact) mass is 299 g/mol. The zero-order valence-electron chi connectivity index (χ0n) is 12.8. The second-order valence-electron chi connectivity index (χ2n) is 5.66. The first-order valence-corrected chi connectivity index (χ1v) is 7.73. The summed E-state index contributed by atoms with van der Waals surface area (Å²) in [5, 5.41) is 0. The molecule has 1 aromatic carbocycles. The highest BCUT2D eigenvalue weighted by atomic mass is 16.5. The average molecular weight is 299 g/mol. The Morgan fingerprint density at radius 2 is 2.09 bits per heavy atom. The summed E-state index contributed by atoms with van der Waals surface area (Å²) < 4.78 is 11.0. The molecule has 4 heteroatoms. The number of rotatable bonds is 4. The third-order valence-electron chi connectivity index (χ3n) is 4.11. The lowest BCUT2D eigenvalue weighted by molar-refractivity contribution is -0.0246. The van der Waals surface area contributed by atoms with E-state index in [4.69, 9.17) is 9.15 Å². The van der Waals surface area contributed by atoms with Gasteiger partial charge < -0.3 is 14.1 Å². The molecular weight excluding hydrogens is 278 g/mol. The van der Waals surface area contributed by atoms with E-state index in [0.717, 1.165) is 12.8 Å². The fourth-order valence-corrected chi connectivity index (χ4v) is 2.83. The van der Waals surface area contributed by atoms with Gasteiger partial charge in [-0.3, -0.25) is 4.79 Å². The lowest BCUT2D eigenvalue weighted by Gasteiger charge is -2.33. The zero-order valence-corrected chi connectivity index (χ0v) is 12.8. The van der Waals surface area contributed by atoms with Crippen LogP contribution < -0.4 is 0 Å². The third kappa shape index (κ3) is 3.39. The smallest absolute Gasteiger partial charge is 0.257 e. The molecule has 2 aromatic rings. The number of carbonyl (C=O) groups is 1. The van der Waals surface area contributed by atoms with E-state index in [1.54, 1.807) is 12.3 Å². The predicted molar refractivity (Wildman–Crippen MR) is 83.9 cm³/mol. The Balaban J connectivity index is 1.57. The highest BCUT2D eigenvalue weighted by Crippen LogP contribution is 2.17. The van der Waals surface area contributed by atoms with Crippen molar-refractivity contribution >= 4 is 5.91 Å². The predicted octanol–water partition coefficient (Wildman–Crippen LogP) is 3.06. The van der Waals surface area contributed by atoms with Crippen molar-refractivity contribution in [3.63, 3.8) is 0 Å². The average Bonchev–Trinajstić information content (AvgIpc) is 2.99. The van der Waals surface area contributed by atoms with Gasteiger partial charge >= 0.3 is 0 Å². The maximum absolute atomic E-state index is 12.5. The van der Waals surface area contributed by atoms with E-state index in [-0.39, 0.29) is 12.0 Å². The van der Waals surface area contributed by atoms with Crippen LogP contribution in [0, 0.1) is 6.92 Å². The summed E-state index contributed by atoms with van der Waals surface area (Å²) in [6.45, 7) is 3.71. The first kappa shape index (κ1) is 14.9. The van der Waals surface area contributed by atoms with E-state index >= 15 is 0 Å². The van der Waals surface area contributed by atoms with Gasteiger partial charge in [-0.25, -0.2) is 0 Å². The number of amides is 1. The number of carbonyl (C=O) groups excluding carboxylic acids is 1.